The van der Waals surface area contributed by atoms with Crippen molar-refractivity contribution in [3.63, 3.8) is 0 Å². The van der Waals surface area contributed by atoms with Gasteiger partial charge in [0.05, 0.1) is 11.5 Å². The Bertz CT molecular complexity index is 385. The first kappa shape index (κ1) is 11.7. The fourth-order valence-electron chi connectivity index (χ4n) is 1.44. The monoisotopic (exact) mass is 209 g/mol. The van der Waals surface area contributed by atoms with E-state index in [4.69, 9.17) is 0 Å². The van der Waals surface area contributed by atoms with Gasteiger partial charge in [-0.25, -0.2) is 0 Å². The maximum absolute atomic E-state index is 10.8. The Hall–Kier alpha value is -1.42. The summed E-state index contributed by atoms with van der Waals surface area (Å²) in [7, 11) is 0. The van der Waals surface area contributed by atoms with Crippen molar-refractivity contribution in [1.82, 2.24) is 0 Å². The lowest BCUT2D eigenvalue weighted by molar-refractivity contribution is -0.386. The second-order valence-electron chi connectivity index (χ2n) is 4.32. The molecule has 1 aromatic rings. The SMILES string of the molecule is Cc1ccc([N+](=O)[O-])c(C(C)(C)CO)c1. The van der Waals surface area contributed by atoms with Gasteiger partial charge in [-0.05, 0) is 13.0 Å². The molecule has 0 radical (unpaired) electrons. The van der Waals surface area contributed by atoms with Gasteiger partial charge in [0.25, 0.3) is 5.69 Å². The minimum Gasteiger partial charge on any atom is -0.395 e. The molecule has 1 rings (SSSR count). The number of aryl methyl sites for hydroxylation is 1. The zero-order chi connectivity index (χ0) is 11.6. The van der Waals surface area contributed by atoms with E-state index in [0.29, 0.717) is 5.56 Å². The molecule has 0 unspecified atom stereocenters. The Morgan fingerprint density at radius 3 is 2.53 bits per heavy atom. The van der Waals surface area contributed by atoms with Gasteiger partial charge in [0.1, 0.15) is 0 Å². The first-order valence-electron chi connectivity index (χ1n) is 4.75. The Labute approximate surface area is 88.7 Å². The van der Waals surface area contributed by atoms with Crippen molar-refractivity contribution in [3.05, 3.63) is 39.4 Å². The van der Waals surface area contributed by atoms with E-state index in [1.165, 1.54) is 6.07 Å². The Balaban J connectivity index is 3.37. The highest BCUT2D eigenvalue weighted by atomic mass is 16.6. The van der Waals surface area contributed by atoms with Gasteiger partial charge in [-0.1, -0.05) is 25.5 Å². The predicted molar refractivity (Wildman–Crippen MR) is 57.9 cm³/mol. The van der Waals surface area contributed by atoms with Gasteiger partial charge < -0.3 is 5.11 Å². The van der Waals surface area contributed by atoms with Crippen LogP contribution in [-0.2, 0) is 5.41 Å². The number of hydrogen-bond donors (Lipinski definition) is 1. The summed E-state index contributed by atoms with van der Waals surface area (Å²) >= 11 is 0. The molecule has 0 saturated carbocycles. The van der Waals surface area contributed by atoms with Crippen molar-refractivity contribution >= 4 is 5.69 Å². The molecule has 0 saturated heterocycles. The summed E-state index contributed by atoms with van der Waals surface area (Å²) in [6.07, 6.45) is 0. The Morgan fingerprint density at radius 2 is 2.07 bits per heavy atom. The van der Waals surface area contributed by atoms with Crippen molar-refractivity contribution in [2.75, 3.05) is 6.61 Å². The number of benzene rings is 1. The first-order chi connectivity index (χ1) is 6.88. The maximum atomic E-state index is 10.8. The van der Waals surface area contributed by atoms with Crippen LogP contribution >= 0.6 is 0 Å². The molecule has 0 fully saturated rings. The maximum Gasteiger partial charge on any atom is 0.273 e. The molecule has 0 aliphatic heterocycles. The van der Waals surface area contributed by atoms with Crippen molar-refractivity contribution in [3.8, 4) is 0 Å². The second-order valence-corrected chi connectivity index (χ2v) is 4.32. The Kier molecular flexibility index (Phi) is 3.09. The summed E-state index contributed by atoms with van der Waals surface area (Å²) in [5.41, 5.74) is 1.01. The smallest absolute Gasteiger partial charge is 0.273 e. The zero-order valence-electron chi connectivity index (χ0n) is 9.15. The topological polar surface area (TPSA) is 63.4 Å². The van der Waals surface area contributed by atoms with Crippen LogP contribution in [0.3, 0.4) is 0 Å². The van der Waals surface area contributed by atoms with Gasteiger partial charge in [-0.2, -0.15) is 0 Å². The molecule has 15 heavy (non-hydrogen) atoms. The number of aliphatic hydroxyl groups is 1. The third kappa shape index (κ3) is 2.33. The predicted octanol–water partition coefficient (Wildman–Crippen LogP) is 2.17. The van der Waals surface area contributed by atoms with Crippen LogP contribution in [0.5, 0.6) is 0 Å². The van der Waals surface area contributed by atoms with Crippen molar-refractivity contribution < 1.29 is 10.0 Å². The summed E-state index contributed by atoms with van der Waals surface area (Å²) in [4.78, 5) is 10.4. The van der Waals surface area contributed by atoms with E-state index in [-0.39, 0.29) is 12.3 Å². The third-order valence-electron chi connectivity index (χ3n) is 2.47. The number of nitro groups is 1. The van der Waals surface area contributed by atoms with E-state index < -0.39 is 10.3 Å². The minimum absolute atomic E-state index is 0.0691. The number of aliphatic hydroxyl groups excluding tert-OH is 1. The lowest BCUT2D eigenvalue weighted by Crippen LogP contribution is -2.23. The lowest BCUT2D eigenvalue weighted by Gasteiger charge is -2.22. The van der Waals surface area contributed by atoms with Gasteiger partial charge in [0, 0.05) is 17.0 Å². The molecule has 0 spiro atoms. The van der Waals surface area contributed by atoms with Crippen LogP contribution in [-0.4, -0.2) is 16.6 Å². The standard InChI is InChI=1S/C11H15NO3/c1-8-4-5-10(12(14)15)9(6-8)11(2,3)7-13/h4-6,13H,7H2,1-3H3. The molecular weight excluding hydrogens is 194 g/mol. The summed E-state index contributed by atoms with van der Waals surface area (Å²) in [6.45, 7) is 5.33. The molecule has 4 heteroatoms. The second kappa shape index (κ2) is 3.98. The minimum atomic E-state index is -0.589. The van der Waals surface area contributed by atoms with Gasteiger partial charge in [0.2, 0.25) is 0 Å². The highest BCUT2D eigenvalue weighted by molar-refractivity contribution is 5.46. The van der Waals surface area contributed by atoms with Crippen LogP contribution < -0.4 is 0 Å². The van der Waals surface area contributed by atoms with E-state index >= 15 is 0 Å². The summed E-state index contributed by atoms with van der Waals surface area (Å²) < 4.78 is 0. The molecule has 1 N–H and O–H groups in total. The average Bonchev–Trinajstić information content (AvgIpc) is 2.17. The fourth-order valence-corrected chi connectivity index (χ4v) is 1.44. The summed E-state index contributed by atoms with van der Waals surface area (Å²) in [5, 5.41) is 20.0. The van der Waals surface area contributed by atoms with E-state index in [0.717, 1.165) is 5.56 Å². The molecule has 0 atom stereocenters. The normalized spacial score (nSPS) is 11.5. The average molecular weight is 209 g/mol. The van der Waals surface area contributed by atoms with Gasteiger partial charge in [-0.3, -0.25) is 10.1 Å². The first-order valence-corrected chi connectivity index (χ1v) is 4.75. The van der Waals surface area contributed by atoms with Crippen LogP contribution in [0, 0.1) is 17.0 Å². The Morgan fingerprint density at radius 1 is 1.47 bits per heavy atom. The van der Waals surface area contributed by atoms with Crippen molar-refractivity contribution in [2.24, 2.45) is 0 Å². The van der Waals surface area contributed by atoms with Crippen LogP contribution in [0.4, 0.5) is 5.69 Å². The molecule has 0 aliphatic carbocycles. The van der Waals surface area contributed by atoms with Crippen LogP contribution in [0.15, 0.2) is 18.2 Å². The summed E-state index contributed by atoms with van der Waals surface area (Å²) in [5.74, 6) is 0. The third-order valence-corrected chi connectivity index (χ3v) is 2.47. The van der Waals surface area contributed by atoms with Crippen molar-refractivity contribution in [1.29, 1.82) is 0 Å². The molecule has 82 valence electrons. The van der Waals surface area contributed by atoms with Crippen molar-refractivity contribution in [2.45, 2.75) is 26.2 Å². The molecular formula is C11H15NO3. The van der Waals surface area contributed by atoms with Gasteiger partial charge in [-0.15, -0.1) is 0 Å². The van der Waals surface area contributed by atoms with Gasteiger partial charge >= 0.3 is 0 Å². The molecule has 0 bridgehead atoms. The number of rotatable bonds is 3. The quantitative estimate of drug-likeness (QED) is 0.613. The van der Waals surface area contributed by atoms with E-state index in [9.17, 15) is 15.2 Å². The molecule has 0 heterocycles. The van der Waals surface area contributed by atoms with Crippen LogP contribution in [0.25, 0.3) is 0 Å². The van der Waals surface area contributed by atoms with E-state index in [2.05, 4.69) is 0 Å². The molecule has 0 aromatic heterocycles. The molecule has 0 aliphatic rings. The van der Waals surface area contributed by atoms with Gasteiger partial charge in [0.15, 0.2) is 0 Å². The van der Waals surface area contributed by atoms with Crippen LogP contribution in [0.2, 0.25) is 0 Å². The molecule has 0 amide bonds. The highest BCUT2D eigenvalue weighted by Gasteiger charge is 2.28. The summed E-state index contributed by atoms with van der Waals surface area (Å²) in [6, 6.07) is 4.95. The lowest BCUT2D eigenvalue weighted by atomic mass is 9.83. The molecule has 1 aromatic carbocycles. The zero-order valence-corrected chi connectivity index (χ0v) is 9.15. The number of nitrogens with zero attached hydrogens (tertiary/aromatic N) is 1. The number of hydrogen-bond acceptors (Lipinski definition) is 3. The van der Waals surface area contributed by atoms with E-state index in [1.807, 2.05) is 6.92 Å². The van der Waals surface area contributed by atoms with Crippen LogP contribution in [0.1, 0.15) is 25.0 Å². The highest BCUT2D eigenvalue weighted by Crippen LogP contribution is 2.31. The molecule has 4 nitrogen and oxygen atoms in total. The van der Waals surface area contributed by atoms with E-state index in [1.54, 1.807) is 26.0 Å². The number of nitro benzene ring substituents is 1. The fraction of sp³-hybridized carbons (Fsp3) is 0.455. The largest absolute Gasteiger partial charge is 0.395 e.